The molecule has 2 nitrogen and oxygen atoms in total. The molecule has 0 aliphatic rings. The molecule has 0 atom stereocenters. The summed E-state index contributed by atoms with van der Waals surface area (Å²) in [6.45, 7) is 0. The predicted octanol–water partition coefficient (Wildman–Crippen LogP) is 1.43. The molecule has 0 spiro atoms. The van der Waals surface area contributed by atoms with Gasteiger partial charge in [-0.25, -0.2) is 11.3 Å². The van der Waals surface area contributed by atoms with Crippen LogP contribution in [-0.2, 0) is 18.6 Å². The zero-order chi connectivity index (χ0) is 5.11. The van der Waals surface area contributed by atoms with Crippen molar-refractivity contribution in [2.45, 2.75) is 0 Å². The largest absolute Gasteiger partial charge is 2.00 e. The van der Waals surface area contributed by atoms with E-state index in [4.69, 9.17) is 0 Å². The summed E-state index contributed by atoms with van der Waals surface area (Å²) < 4.78 is 0. The van der Waals surface area contributed by atoms with Crippen LogP contribution in [0.15, 0.2) is 5.38 Å². The Balaban J connectivity index is 0. The van der Waals surface area contributed by atoms with Crippen molar-refractivity contribution in [1.82, 2.24) is 4.98 Å². The van der Waals surface area contributed by atoms with Crippen molar-refractivity contribution in [1.29, 1.82) is 0 Å². The van der Waals surface area contributed by atoms with Crippen molar-refractivity contribution >= 4 is 16.5 Å². The molecule has 9 heavy (non-hydrogen) atoms. The quantitative estimate of drug-likeness (QED) is 0.659. The van der Waals surface area contributed by atoms with E-state index in [2.05, 4.69) is 16.5 Å². The second-order valence-electron chi connectivity index (χ2n) is 1.03. The topological polar surface area (TPSA) is 24.9 Å². The third-order valence-corrected chi connectivity index (χ3v) is 1.35. The summed E-state index contributed by atoms with van der Waals surface area (Å²) >= 11 is 1.55. The van der Waals surface area contributed by atoms with Crippen molar-refractivity contribution in [3.63, 3.8) is 0 Å². The van der Waals surface area contributed by atoms with Gasteiger partial charge in [0, 0.05) is 5.13 Å². The molecule has 1 heterocycles. The zero-order valence-electron chi connectivity index (χ0n) is 5.38. The van der Waals surface area contributed by atoms with E-state index < -0.39 is 0 Å². The minimum Gasteiger partial charge on any atom is -0.441 e. The van der Waals surface area contributed by atoms with Gasteiger partial charge >= 0.3 is 18.6 Å². The van der Waals surface area contributed by atoms with Crippen LogP contribution in [0, 0.1) is 13.6 Å². The van der Waals surface area contributed by atoms with Gasteiger partial charge in [0.2, 0.25) is 0 Å². The molecule has 0 aromatic carbocycles. The normalized spacial score (nSPS) is 6.78. The van der Waals surface area contributed by atoms with E-state index in [0.717, 1.165) is 5.13 Å². The molecule has 0 bridgehead atoms. The van der Waals surface area contributed by atoms with E-state index in [0.29, 0.717) is 0 Å². The van der Waals surface area contributed by atoms with Crippen LogP contribution in [0.3, 0.4) is 0 Å². The molecule has 4 heteroatoms. The monoisotopic (exact) mass is 179 g/mol. The number of anilines is 1. The maximum absolute atomic E-state index is 3.82. The van der Waals surface area contributed by atoms with Gasteiger partial charge in [0.1, 0.15) is 0 Å². The van der Waals surface area contributed by atoms with Crippen LogP contribution in [0.4, 0.5) is 5.13 Å². The number of thiazole rings is 1. The van der Waals surface area contributed by atoms with Gasteiger partial charge in [-0.2, -0.15) is 0 Å². The van der Waals surface area contributed by atoms with Crippen molar-refractivity contribution < 1.29 is 18.6 Å². The Bertz CT molecular complexity index is 130. The zero-order valence-corrected chi connectivity index (χ0v) is 7.59. The molecule has 49 valence electrons. The first kappa shape index (κ1) is 11.8. The van der Waals surface area contributed by atoms with Crippen LogP contribution in [0.5, 0.6) is 0 Å². The third kappa shape index (κ3) is 3.57. The van der Waals surface area contributed by atoms with Crippen LogP contribution in [0.2, 0.25) is 0 Å². The van der Waals surface area contributed by atoms with Crippen molar-refractivity contribution in [2.75, 3.05) is 12.4 Å². The molecule has 1 rings (SSSR count). The first-order chi connectivity index (χ1) is 3.43. The number of aromatic nitrogens is 1. The molecule has 1 aromatic rings. The summed E-state index contributed by atoms with van der Waals surface area (Å²) in [6.07, 6.45) is 2.69. The van der Waals surface area contributed by atoms with Gasteiger partial charge in [0.15, 0.2) is 0 Å². The van der Waals surface area contributed by atoms with E-state index in [-0.39, 0.29) is 26.0 Å². The summed E-state index contributed by atoms with van der Waals surface area (Å²) in [5, 5.41) is 5.61. The van der Waals surface area contributed by atoms with Gasteiger partial charge in [0.25, 0.3) is 0 Å². The summed E-state index contributed by atoms with van der Waals surface area (Å²) in [6, 6.07) is 0. The third-order valence-electron chi connectivity index (χ3n) is 0.603. The SMILES string of the molecule is CNc1n[c-]cs1.[CH3-].[V+2]. The van der Waals surface area contributed by atoms with Crippen LogP contribution in [0.1, 0.15) is 0 Å². The minimum atomic E-state index is 0. The van der Waals surface area contributed by atoms with Crippen molar-refractivity contribution in [3.05, 3.63) is 19.0 Å². The molecule has 0 aliphatic heterocycles. The molecule has 1 aromatic heterocycles. The van der Waals surface area contributed by atoms with Gasteiger partial charge in [-0.1, -0.05) is 5.38 Å². The number of rotatable bonds is 1. The Hall–Kier alpha value is 0.0144. The molecule has 0 fully saturated rings. The Morgan fingerprint density at radius 3 is 2.67 bits per heavy atom. The van der Waals surface area contributed by atoms with Gasteiger partial charge < -0.3 is 17.7 Å². The second kappa shape index (κ2) is 6.14. The summed E-state index contributed by atoms with van der Waals surface area (Å²) in [5.74, 6) is 0. The first-order valence-corrected chi connectivity index (χ1v) is 2.81. The van der Waals surface area contributed by atoms with Gasteiger partial charge in [-0.05, 0) is 7.05 Å². The van der Waals surface area contributed by atoms with Crippen LogP contribution >= 0.6 is 11.3 Å². The fourth-order valence-electron chi connectivity index (χ4n) is 0.308. The maximum Gasteiger partial charge on any atom is 2.00 e. The van der Waals surface area contributed by atoms with E-state index in [1.807, 2.05) is 12.4 Å². The number of nitrogens with one attached hydrogen (secondary N) is 1. The minimum absolute atomic E-state index is 0. The molecule has 0 saturated carbocycles. The average Bonchev–Trinajstić information content (AvgIpc) is 2.14. The fraction of sp³-hybridized carbons (Fsp3) is 0.200. The molecule has 0 aliphatic carbocycles. The number of nitrogens with zero attached hydrogens (tertiary/aromatic N) is 1. The van der Waals surface area contributed by atoms with E-state index in [9.17, 15) is 0 Å². The second-order valence-corrected chi connectivity index (χ2v) is 1.89. The van der Waals surface area contributed by atoms with Crippen molar-refractivity contribution in [3.8, 4) is 0 Å². The van der Waals surface area contributed by atoms with Crippen LogP contribution in [0.25, 0.3) is 0 Å². The van der Waals surface area contributed by atoms with Gasteiger partial charge in [-0.3, -0.25) is 0 Å². The standard InChI is InChI=1S/C4H5N2S.CH3.V/c1-5-4-6-2-3-7-4;;/h3H,1H3,(H,5,6);1H3;/q2*-1;+2. The Morgan fingerprint density at radius 2 is 2.44 bits per heavy atom. The van der Waals surface area contributed by atoms with Crippen LogP contribution in [-0.4, -0.2) is 12.0 Å². The van der Waals surface area contributed by atoms with E-state index >= 15 is 0 Å². The average molecular weight is 179 g/mol. The van der Waals surface area contributed by atoms with E-state index in [1.54, 1.807) is 11.3 Å². The molecule has 1 N–H and O–H groups in total. The molecule has 1 radical (unpaired) electrons. The van der Waals surface area contributed by atoms with E-state index in [1.165, 1.54) is 0 Å². The van der Waals surface area contributed by atoms with Gasteiger partial charge in [-0.15, -0.1) is 6.20 Å². The predicted molar refractivity (Wildman–Crippen MR) is 36.9 cm³/mol. The Labute approximate surface area is 71.6 Å². The molecular weight excluding hydrogens is 171 g/mol. The van der Waals surface area contributed by atoms with Gasteiger partial charge in [0.05, 0.1) is 0 Å². The molecule has 0 saturated heterocycles. The Morgan fingerprint density at radius 1 is 1.78 bits per heavy atom. The molecular formula is C5H8N2SV. The number of hydrogen-bond donors (Lipinski definition) is 1. The number of hydrogen-bond acceptors (Lipinski definition) is 3. The maximum atomic E-state index is 3.82. The first-order valence-electron chi connectivity index (χ1n) is 1.93. The summed E-state index contributed by atoms with van der Waals surface area (Å²) in [5.41, 5.74) is 0. The van der Waals surface area contributed by atoms with Crippen LogP contribution < -0.4 is 5.32 Å². The fourth-order valence-corrected chi connectivity index (χ4v) is 0.749. The summed E-state index contributed by atoms with van der Waals surface area (Å²) in [4.78, 5) is 3.82. The molecule has 0 amide bonds. The van der Waals surface area contributed by atoms with Crippen molar-refractivity contribution in [2.24, 2.45) is 0 Å². The molecule has 0 unspecified atom stereocenters. The summed E-state index contributed by atoms with van der Waals surface area (Å²) in [7, 11) is 1.84. The smallest absolute Gasteiger partial charge is 0.441 e. The Kier molecular flexibility index (Phi) is 8.03.